The molecule has 0 saturated heterocycles. The van der Waals surface area contributed by atoms with Crippen LogP contribution in [0.1, 0.15) is 22.3 Å². The summed E-state index contributed by atoms with van der Waals surface area (Å²) in [4.78, 5) is 0. The molecular weight excluding hydrogens is 368 g/mol. The molecule has 0 spiro atoms. The number of nitriles is 2. The van der Waals surface area contributed by atoms with Gasteiger partial charge in [-0.1, -0.05) is 66.7 Å². The Morgan fingerprint density at radius 2 is 1.63 bits per heavy atom. The number of hydrogen-bond donors (Lipinski definition) is 0. The van der Waals surface area contributed by atoms with Crippen molar-refractivity contribution in [3.8, 4) is 17.9 Å². The highest BCUT2D eigenvalue weighted by Crippen LogP contribution is 2.24. The molecule has 0 aliphatic carbocycles. The van der Waals surface area contributed by atoms with Gasteiger partial charge in [0.25, 0.3) is 0 Å². The van der Waals surface area contributed by atoms with Crippen molar-refractivity contribution in [3.63, 3.8) is 0 Å². The number of hydrogen-bond acceptors (Lipinski definition) is 3. The smallest absolute Gasteiger partial charge is 0.120 e. The first-order valence-electron chi connectivity index (χ1n) is 9.59. The van der Waals surface area contributed by atoms with Gasteiger partial charge in [-0.3, -0.25) is 0 Å². The van der Waals surface area contributed by atoms with E-state index in [9.17, 15) is 5.26 Å². The summed E-state index contributed by atoms with van der Waals surface area (Å²) in [5, 5.41) is 21.1. The second-order valence-corrected chi connectivity index (χ2v) is 6.86. The topological polar surface area (TPSA) is 56.8 Å². The minimum Gasteiger partial charge on any atom is -0.489 e. The molecule has 0 saturated carbocycles. The molecule has 3 heteroatoms. The van der Waals surface area contributed by atoms with E-state index < -0.39 is 0 Å². The van der Waals surface area contributed by atoms with Crippen molar-refractivity contribution in [2.75, 3.05) is 0 Å². The van der Waals surface area contributed by atoms with Crippen molar-refractivity contribution in [3.05, 3.63) is 113 Å². The molecule has 0 bridgehead atoms. The van der Waals surface area contributed by atoms with E-state index in [1.807, 2.05) is 48.5 Å². The highest BCUT2D eigenvalue weighted by molar-refractivity contribution is 5.90. The Labute approximate surface area is 175 Å². The number of benzene rings is 4. The third-order valence-electron chi connectivity index (χ3n) is 4.87. The van der Waals surface area contributed by atoms with E-state index in [2.05, 4.69) is 36.4 Å². The molecule has 0 atom stereocenters. The fourth-order valence-electron chi connectivity index (χ4n) is 3.38. The van der Waals surface area contributed by atoms with Crippen LogP contribution in [0.2, 0.25) is 0 Å². The molecule has 0 amide bonds. The van der Waals surface area contributed by atoms with E-state index >= 15 is 0 Å². The average molecular weight is 386 g/mol. The van der Waals surface area contributed by atoms with Crippen molar-refractivity contribution >= 4 is 22.4 Å². The van der Waals surface area contributed by atoms with Gasteiger partial charge in [-0.25, -0.2) is 0 Å². The third kappa shape index (κ3) is 4.22. The summed E-state index contributed by atoms with van der Waals surface area (Å²) in [7, 11) is 0. The number of fused-ring (bicyclic) bond motifs is 1. The number of nitrogens with zero attached hydrogens (tertiary/aromatic N) is 2. The second kappa shape index (κ2) is 8.78. The van der Waals surface area contributed by atoms with Crippen LogP contribution in [-0.4, -0.2) is 0 Å². The minimum absolute atomic E-state index is 0.462. The van der Waals surface area contributed by atoms with Crippen molar-refractivity contribution < 1.29 is 4.74 Å². The van der Waals surface area contributed by atoms with Crippen LogP contribution in [0.3, 0.4) is 0 Å². The molecule has 4 aromatic carbocycles. The molecule has 4 aromatic rings. The molecule has 0 fully saturated rings. The summed E-state index contributed by atoms with van der Waals surface area (Å²) in [6.45, 7) is 0.462. The van der Waals surface area contributed by atoms with E-state index in [0.717, 1.165) is 22.4 Å². The number of rotatable bonds is 5. The van der Waals surface area contributed by atoms with Gasteiger partial charge in [-0.05, 0) is 57.8 Å². The standard InChI is InChI=1S/C27H18N2O/c28-17-21-7-3-10-23(15-21)25(18-29)14-20-6-4-12-26(16-20)30-19-24-11-5-9-22-8-1-2-13-27(22)24/h1-16H,19H2/b25-14-. The molecule has 0 unspecified atom stereocenters. The predicted octanol–water partition coefficient (Wildman–Crippen LogP) is 6.35. The molecule has 30 heavy (non-hydrogen) atoms. The third-order valence-corrected chi connectivity index (χ3v) is 4.87. The lowest BCUT2D eigenvalue weighted by molar-refractivity contribution is 0.307. The first kappa shape index (κ1) is 19.0. The zero-order valence-corrected chi connectivity index (χ0v) is 16.2. The van der Waals surface area contributed by atoms with Gasteiger partial charge < -0.3 is 4.74 Å². The Kier molecular flexibility index (Phi) is 5.56. The Hall–Kier alpha value is -4.34. The monoisotopic (exact) mass is 386 g/mol. The van der Waals surface area contributed by atoms with Crippen LogP contribution >= 0.6 is 0 Å². The van der Waals surface area contributed by atoms with E-state index in [0.29, 0.717) is 17.7 Å². The van der Waals surface area contributed by atoms with Gasteiger partial charge in [-0.2, -0.15) is 10.5 Å². The van der Waals surface area contributed by atoms with Crippen molar-refractivity contribution in [2.24, 2.45) is 0 Å². The van der Waals surface area contributed by atoms with E-state index in [-0.39, 0.29) is 0 Å². The zero-order chi connectivity index (χ0) is 20.8. The second-order valence-electron chi connectivity index (χ2n) is 6.86. The lowest BCUT2D eigenvalue weighted by atomic mass is 10.0. The van der Waals surface area contributed by atoms with Crippen molar-refractivity contribution in [1.29, 1.82) is 10.5 Å². The quantitative estimate of drug-likeness (QED) is 0.296. The van der Waals surface area contributed by atoms with Gasteiger partial charge in [0, 0.05) is 0 Å². The van der Waals surface area contributed by atoms with Crippen LogP contribution in [0.4, 0.5) is 0 Å². The molecule has 3 nitrogen and oxygen atoms in total. The predicted molar refractivity (Wildman–Crippen MR) is 119 cm³/mol. The summed E-state index contributed by atoms with van der Waals surface area (Å²) in [6, 6.07) is 33.5. The van der Waals surface area contributed by atoms with Crippen LogP contribution in [-0.2, 0) is 6.61 Å². The van der Waals surface area contributed by atoms with Gasteiger partial charge in [0.2, 0.25) is 0 Å². The first-order valence-corrected chi connectivity index (χ1v) is 9.59. The van der Waals surface area contributed by atoms with E-state index in [1.54, 1.807) is 24.3 Å². The molecule has 0 heterocycles. The molecule has 4 rings (SSSR count). The maximum absolute atomic E-state index is 9.59. The maximum Gasteiger partial charge on any atom is 0.120 e. The van der Waals surface area contributed by atoms with Gasteiger partial charge in [0.1, 0.15) is 12.4 Å². The van der Waals surface area contributed by atoms with Gasteiger partial charge in [0.05, 0.1) is 23.3 Å². The average Bonchev–Trinajstić information content (AvgIpc) is 2.81. The van der Waals surface area contributed by atoms with Crippen molar-refractivity contribution in [2.45, 2.75) is 6.61 Å². The highest BCUT2D eigenvalue weighted by Gasteiger charge is 2.05. The molecule has 142 valence electrons. The van der Waals surface area contributed by atoms with E-state index in [1.165, 1.54) is 10.8 Å². The lowest BCUT2D eigenvalue weighted by Gasteiger charge is -2.10. The number of ether oxygens (including phenoxy) is 1. The summed E-state index contributed by atoms with van der Waals surface area (Å²) < 4.78 is 6.04. The Morgan fingerprint density at radius 3 is 2.50 bits per heavy atom. The van der Waals surface area contributed by atoms with Gasteiger partial charge >= 0.3 is 0 Å². The normalized spacial score (nSPS) is 10.9. The van der Waals surface area contributed by atoms with E-state index in [4.69, 9.17) is 10.00 Å². The van der Waals surface area contributed by atoms with Crippen LogP contribution in [0.25, 0.3) is 22.4 Å². The molecule has 0 aliphatic heterocycles. The fraction of sp³-hybridized carbons (Fsp3) is 0.0370. The molecule has 0 aliphatic rings. The fourth-order valence-corrected chi connectivity index (χ4v) is 3.38. The first-order chi connectivity index (χ1) is 14.8. The van der Waals surface area contributed by atoms with Crippen molar-refractivity contribution in [1.82, 2.24) is 0 Å². The van der Waals surface area contributed by atoms with Gasteiger partial charge in [0.15, 0.2) is 0 Å². The molecule has 0 aromatic heterocycles. The SMILES string of the molecule is N#C/C(=C/c1cccc(OCc2cccc3ccccc23)c1)c1cccc(C#N)c1. The maximum atomic E-state index is 9.59. The molecule has 0 N–H and O–H groups in total. The van der Waals surface area contributed by atoms with Crippen LogP contribution in [0.15, 0.2) is 91.0 Å². The van der Waals surface area contributed by atoms with Gasteiger partial charge in [-0.15, -0.1) is 0 Å². The van der Waals surface area contributed by atoms with Crippen LogP contribution in [0.5, 0.6) is 5.75 Å². The summed E-state index contributed by atoms with van der Waals surface area (Å²) in [6.07, 6.45) is 1.81. The highest BCUT2D eigenvalue weighted by atomic mass is 16.5. The Balaban J connectivity index is 1.57. The Morgan fingerprint density at radius 1 is 0.833 bits per heavy atom. The van der Waals surface area contributed by atoms with Crippen LogP contribution < -0.4 is 4.74 Å². The molecular formula is C27H18N2O. The Bertz CT molecular complexity index is 1320. The summed E-state index contributed by atoms with van der Waals surface area (Å²) in [5.74, 6) is 0.736. The summed E-state index contributed by atoms with van der Waals surface area (Å²) >= 11 is 0. The number of allylic oxidation sites excluding steroid dienone is 1. The van der Waals surface area contributed by atoms with Crippen LogP contribution in [0, 0.1) is 22.7 Å². The lowest BCUT2D eigenvalue weighted by Crippen LogP contribution is -1.96. The summed E-state index contributed by atoms with van der Waals surface area (Å²) in [5.41, 5.74) is 3.74. The molecule has 0 radical (unpaired) electrons. The zero-order valence-electron chi connectivity index (χ0n) is 16.2. The minimum atomic E-state index is 0.462. The largest absolute Gasteiger partial charge is 0.489 e.